The number of rotatable bonds is 7. The third-order valence-electron chi connectivity index (χ3n) is 6.46. The second-order valence-electron chi connectivity index (χ2n) is 8.97. The Morgan fingerprint density at radius 1 is 1.08 bits per heavy atom. The maximum atomic E-state index is 14.8. The van der Waals surface area contributed by atoms with E-state index in [2.05, 4.69) is 20.9 Å². The minimum Gasteiger partial charge on any atom is -0.481 e. The van der Waals surface area contributed by atoms with E-state index in [-0.39, 0.29) is 18.7 Å². The number of aliphatic carboxylic acids is 1. The molecule has 13 heteroatoms. The normalized spacial score (nSPS) is 21.1. The van der Waals surface area contributed by atoms with E-state index in [4.69, 9.17) is 24.0 Å². The van der Waals surface area contributed by atoms with E-state index in [0.29, 0.717) is 75.3 Å². The maximum Gasteiger partial charge on any atom is 0.397 e. The summed E-state index contributed by atoms with van der Waals surface area (Å²) in [4.78, 5) is 25.9. The number of carboxylic acid groups (broad SMARTS) is 1. The lowest BCUT2D eigenvalue weighted by atomic mass is 10.0. The van der Waals surface area contributed by atoms with Gasteiger partial charge in [-0.2, -0.15) is 0 Å². The molecule has 2 aromatic rings. The molecule has 0 radical (unpaired) electrons. The maximum absolute atomic E-state index is 14.8. The van der Waals surface area contributed by atoms with Gasteiger partial charge < -0.3 is 19.1 Å². The highest BCUT2D eigenvalue weighted by Crippen LogP contribution is 2.55. The highest BCUT2D eigenvalue weighted by molar-refractivity contribution is 9.10. The van der Waals surface area contributed by atoms with Crippen molar-refractivity contribution in [2.75, 3.05) is 52.6 Å². The molecule has 11 nitrogen and oxygen atoms in total. The molecule has 1 aromatic carbocycles. The molecule has 0 amide bonds. The molecule has 2 fully saturated rings. The summed E-state index contributed by atoms with van der Waals surface area (Å²) in [6.45, 7) is 3.50. The first kappa shape index (κ1) is 27.1. The van der Waals surface area contributed by atoms with Crippen LogP contribution in [-0.2, 0) is 23.4 Å². The predicted octanol–water partition coefficient (Wildman–Crippen LogP) is 3.75. The van der Waals surface area contributed by atoms with Crippen LogP contribution in [-0.4, -0.2) is 95.7 Å². The molecular weight excluding hydrogens is 577 g/mol. The molecule has 202 valence electrons. The topological polar surface area (TPSA) is 126 Å². The highest BCUT2D eigenvalue weighted by Gasteiger charge is 2.44. The van der Waals surface area contributed by atoms with Crippen LogP contribution in [0.5, 0.6) is 0 Å². The minimum atomic E-state index is -3.62. The Bertz CT molecular complexity index is 1240. The van der Waals surface area contributed by atoms with Gasteiger partial charge in [-0.05, 0) is 36.8 Å². The van der Waals surface area contributed by atoms with Crippen molar-refractivity contribution in [2.45, 2.75) is 18.9 Å². The Morgan fingerprint density at radius 3 is 2.37 bits per heavy atom. The lowest BCUT2D eigenvalue weighted by Crippen LogP contribution is -2.44. The van der Waals surface area contributed by atoms with Crippen molar-refractivity contribution in [1.82, 2.24) is 14.3 Å². The van der Waals surface area contributed by atoms with Crippen LogP contribution in [0, 0.1) is 0 Å². The number of fused-ring (bicyclic) bond motifs is 1. The fourth-order valence-corrected chi connectivity index (χ4v) is 7.23. The molecule has 4 heterocycles. The summed E-state index contributed by atoms with van der Waals surface area (Å²) >= 11 is 3.53. The molecule has 1 N–H and O–H groups in total. The number of hydrogen-bond donors (Lipinski definition) is 1. The number of carbonyl (C=O) groups is 1. The van der Waals surface area contributed by atoms with Gasteiger partial charge in [-0.15, -0.1) is 0 Å². The third-order valence-corrected chi connectivity index (χ3v) is 9.60. The molecule has 0 bridgehead atoms. The van der Waals surface area contributed by atoms with Gasteiger partial charge in [-0.25, -0.2) is 18.9 Å². The lowest BCUT2D eigenvalue weighted by Gasteiger charge is -2.41. The second kappa shape index (κ2) is 12.1. The Kier molecular flexibility index (Phi) is 8.67. The SMILES string of the molecule is O=C(O)CCC1N=C(c2ccccn2)c2cc(Br)ccc2N=C1OP(=O)(N1CCOCC1)N1CCOCC1. The van der Waals surface area contributed by atoms with E-state index >= 15 is 0 Å². The smallest absolute Gasteiger partial charge is 0.397 e. The van der Waals surface area contributed by atoms with Crippen LogP contribution in [0.25, 0.3) is 0 Å². The van der Waals surface area contributed by atoms with Crippen molar-refractivity contribution in [3.05, 3.63) is 58.3 Å². The quantitative estimate of drug-likeness (QED) is 0.469. The van der Waals surface area contributed by atoms with Crippen LogP contribution < -0.4 is 0 Å². The second-order valence-corrected chi connectivity index (χ2v) is 12.2. The number of carboxylic acids is 1. The van der Waals surface area contributed by atoms with Crippen molar-refractivity contribution in [3.8, 4) is 0 Å². The molecule has 0 saturated carbocycles. The van der Waals surface area contributed by atoms with E-state index in [9.17, 15) is 14.5 Å². The summed E-state index contributed by atoms with van der Waals surface area (Å²) in [6, 6.07) is 10.3. The summed E-state index contributed by atoms with van der Waals surface area (Å²) in [5.41, 5.74) is 2.46. The Hall–Kier alpha value is -2.47. The summed E-state index contributed by atoms with van der Waals surface area (Å²) in [5.74, 6) is -0.838. The van der Waals surface area contributed by atoms with Crippen molar-refractivity contribution in [3.63, 3.8) is 0 Å². The van der Waals surface area contributed by atoms with E-state index < -0.39 is 19.7 Å². The molecule has 1 aromatic heterocycles. The van der Waals surface area contributed by atoms with Gasteiger partial charge in [0.05, 0.1) is 43.5 Å². The molecule has 3 aliphatic heterocycles. The molecule has 1 unspecified atom stereocenters. The van der Waals surface area contributed by atoms with Gasteiger partial charge in [-0.3, -0.25) is 14.8 Å². The van der Waals surface area contributed by atoms with Gasteiger partial charge in [0, 0.05) is 48.8 Å². The van der Waals surface area contributed by atoms with Crippen LogP contribution in [0.15, 0.2) is 57.1 Å². The van der Waals surface area contributed by atoms with E-state index in [0.717, 1.165) is 4.47 Å². The fraction of sp³-hybridized carbons (Fsp3) is 0.440. The number of benzene rings is 1. The van der Waals surface area contributed by atoms with Crippen LogP contribution in [0.3, 0.4) is 0 Å². The zero-order valence-electron chi connectivity index (χ0n) is 20.7. The van der Waals surface area contributed by atoms with Crippen molar-refractivity contribution in [1.29, 1.82) is 0 Å². The van der Waals surface area contributed by atoms with E-state index in [1.165, 1.54) is 0 Å². The van der Waals surface area contributed by atoms with E-state index in [1.807, 2.05) is 45.7 Å². The van der Waals surface area contributed by atoms with Crippen molar-refractivity contribution in [2.24, 2.45) is 9.98 Å². The molecule has 3 aliphatic rings. The Balaban J connectivity index is 1.61. The minimum absolute atomic E-state index is 0.117. The lowest BCUT2D eigenvalue weighted by molar-refractivity contribution is -0.137. The number of hydrogen-bond acceptors (Lipinski definition) is 8. The number of ether oxygens (including phenoxy) is 2. The van der Waals surface area contributed by atoms with Crippen LogP contribution in [0.2, 0.25) is 0 Å². The highest BCUT2D eigenvalue weighted by atomic mass is 79.9. The van der Waals surface area contributed by atoms with E-state index in [1.54, 1.807) is 6.20 Å². The summed E-state index contributed by atoms with van der Waals surface area (Å²) in [7, 11) is -3.62. The zero-order chi connectivity index (χ0) is 26.5. The molecule has 2 saturated heterocycles. The molecule has 0 aliphatic carbocycles. The van der Waals surface area contributed by atoms with Gasteiger partial charge in [0.1, 0.15) is 6.04 Å². The van der Waals surface area contributed by atoms with Gasteiger partial charge in [-0.1, -0.05) is 22.0 Å². The molecule has 5 rings (SSSR count). The summed E-state index contributed by atoms with van der Waals surface area (Å²) in [6.07, 6.45) is 1.63. The van der Waals surface area contributed by atoms with Gasteiger partial charge >= 0.3 is 13.6 Å². The zero-order valence-corrected chi connectivity index (χ0v) is 23.2. The molecule has 0 spiro atoms. The molecular formula is C25H29BrN5O6P. The predicted molar refractivity (Wildman–Crippen MR) is 145 cm³/mol. The number of aliphatic imine (C=N–C) groups is 2. The monoisotopic (exact) mass is 605 g/mol. The summed E-state index contributed by atoms with van der Waals surface area (Å²) < 4.78 is 36.7. The van der Waals surface area contributed by atoms with Crippen LogP contribution >= 0.6 is 23.6 Å². The number of nitrogens with zero attached hydrogens (tertiary/aromatic N) is 5. The van der Waals surface area contributed by atoms with Crippen molar-refractivity contribution < 1.29 is 28.5 Å². The Morgan fingerprint density at radius 2 is 1.76 bits per heavy atom. The van der Waals surface area contributed by atoms with Crippen molar-refractivity contribution >= 4 is 46.9 Å². The molecule has 38 heavy (non-hydrogen) atoms. The first-order valence-electron chi connectivity index (χ1n) is 12.5. The summed E-state index contributed by atoms with van der Waals surface area (Å²) in [5, 5.41) is 9.49. The average molecular weight is 606 g/mol. The Labute approximate surface area is 229 Å². The van der Waals surface area contributed by atoms with Gasteiger partial charge in [0.25, 0.3) is 0 Å². The first-order chi connectivity index (χ1) is 18.4. The van der Waals surface area contributed by atoms with Gasteiger partial charge in [0.2, 0.25) is 5.90 Å². The average Bonchev–Trinajstić information content (AvgIpc) is 3.09. The van der Waals surface area contributed by atoms with Gasteiger partial charge in [0.15, 0.2) is 0 Å². The fourth-order valence-electron chi connectivity index (χ4n) is 4.53. The number of aromatic nitrogens is 1. The third kappa shape index (κ3) is 6.06. The molecule has 1 atom stereocenters. The first-order valence-corrected chi connectivity index (χ1v) is 14.8. The standard InChI is InChI=1S/C25H29BrN5O6P/c26-18-4-5-20-19(17-18)24(21-3-1-2-8-27-21)28-22(6-7-23(32)33)25(29-20)37-38(34,30-9-13-35-14-10-30)31-11-15-36-16-12-31/h1-5,8,17,22H,6-7,9-16H2,(H,32,33). The number of morpholine rings is 2. The number of halogens is 1. The van der Waals surface area contributed by atoms with Crippen LogP contribution in [0.1, 0.15) is 24.1 Å². The number of pyridine rings is 1. The largest absolute Gasteiger partial charge is 0.481 e. The van der Waals surface area contributed by atoms with Crippen LogP contribution in [0.4, 0.5) is 5.69 Å².